The van der Waals surface area contributed by atoms with Crippen molar-refractivity contribution in [1.29, 1.82) is 0 Å². The molecule has 86 valence electrons. The molecule has 3 unspecified atom stereocenters. The molecule has 0 bridgehead atoms. The van der Waals surface area contributed by atoms with Crippen molar-refractivity contribution in [1.82, 2.24) is 5.32 Å². The molecule has 0 radical (unpaired) electrons. The Balaban J connectivity index is 2.37. The molecule has 2 heteroatoms. The van der Waals surface area contributed by atoms with Crippen LogP contribution in [-0.2, 0) is 4.74 Å². The van der Waals surface area contributed by atoms with E-state index in [0.717, 1.165) is 19.4 Å². The van der Waals surface area contributed by atoms with Gasteiger partial charge in [-0.1, -0.05) is 6.92 Å². The smallest absolute Gasteiger partial charge is 0.0732 e. The number of rotatable bonds is 5. The van der Waals surface area contributed by atoms with Gasteiger partial charge in [0.1, 0.15) is 0 Å². The molecule has 0 amide bonds. The number of likely N-dealkylation sites (N-methyl/N-ethyl adjacent to an activating group) is 1. The van der Waals surface area contributed by atoms with Gasteiger partial charge in [0.25, 0.3) is 0 Å². The summed E-state index contributed by atoms with van der Waals surface area (Å²) in [5, 5.41) is 3.51. The molecule has 3 atom stereocenters. The monoisotopic (exact) mass is 209 g/mol. The van der Waals surface area contributed by atoms with Gasteiger partial charge in [-0.2, -0.15) is 0 Å². The standard InChI is InChI=1S/C13H23NO/c1-4-6-7-8-12(14-5-2)13-10-9-11(3)15-13/h11-14H,5,7-10H2,1-3H3. The molecule has 1 heterocycles. The van der Waals surface area contributed by atoms with Crippen LogP contribution in [0.4, 0.5) is 0 Å². The van der Waals surface area contributed by atoms with Crippen molar-refractivity contribution in [3.05, 3.63) is 0 Å². The summed E-state index contributed by atoms with van der Waals surface area (Å²) in [6.45, 7) is 7.22. The Morgan fingerprint density at radius 1 is 1.47 bits per heavy atom. The van der Waals surface area contributed by atoms with Crippen molar-refractivity contribution in [2.75, 3.05) is 6.54 Å². The maximum atomic E-state index is 5.90. The molecule has 1 rings (SSSR count). The van der Waals surface area contributed by atoms with Gasteiger partial charge in [0, 0.05) is 12.5 Å². The molecule has 1 saturated heterocycles. The van der Waals surface area contributed by atoms with Crippen LogP contribution in [-0.4, -0.2) is 24.8 Å². The maximum absolute atomic E-state index is 5.90. The third-order valence-electron chi connectivity index (χ3n) is 2.94. The zero-order valence-electron chi connectivity index (χ0n) is 10.2. The first-order valence-electron chi connectivity index (χ1n) is 6.06. The van der Waals surface area contributed by atoms with Crippen molar-refractivity contribution >= 4 is 0 Å². The molecule has 1 aliphatic rings. The van der Waals surface area contributed by atoms with E-state index in [2.05, 4.69) is 31.0 Å². The average molecular weight is 209 g/mol. The Labute approximate surface area is 93.8 Å². The fourth-order valence-electron chi connectivity index (χ4n) is 2.16. The van der Waals surface area contributed by atoms with Gasteiger partial charge in [-0.3, -0.25) is 0 Å². The van der Waals surface area contributed by atoms with Crippen LogP contribution < -0.4 is 5.32 Å². The minimum atomic E-state index is 0.401. The fourth-order valence-corrected chi connectivity index (χ4v) is 2.16. The van der Waals surface area contributed by atoms with Crippen LogP contribution in [0.1, 0.15) is 46.5 Å². The number of nitrogens with one attached hydrogen (secondary N) is 1. The lowest BCUT2D eigenvalue weighted by Crippen LogP contribution is -2.39. The third kappa shape index (κ3) is 4.24. The van der Waals surface area contributed by atoms with E-state index in [1.807, 2.05) is 6.92 Å². The van der Waals surface area contributed by atoms with Gasteiger partial charge >= 0.3 is 0 Å². The molecular formula is C13H23NO. The van der Waals surface area contributed by atoms with E-state index in [9.17, 15) is 0 Å². The van der Waals surface area contributed by atoms with Gasteiger partial charge in [-0.25, -0.2) is 0 Å². The van der Waals surface area contributed by atoms with E-state index in [1.54, 1.807) is 0 Å². The van der Waals surface area contributed by atoms with Crippen LogP contribution in [0.15, 0.2) is 0 Å². The lowest BCUT2D eigenvalue weighted by Gasteiger charge is -2.23. The Kier molecular flexibility index (Phi) is 5.75. The lowest BCUT2D eigenvalue weighted by atomic mass is 10.0. The van der Waals surface area contributed by atoms with Crippen molar-refractivity contribution in [3.63, 3.8) is 0 Å². The highest BCUT2D eigenvalue weighted by atomic mass is 16.5. The van der Waals surface area contributed by atoms with Crippen molar-refractivity contribution in [2.45, 2.75) is 64.7 Å². The summed E-state index contributed by atoms with van der Waals surface area (Å²) in [7, 11) is 0. The molecule has 15 heavy (non-hydrogen) atoms. The SMILES string of the molecule is CC#CCCC(NCC)C1CCC(C)O1. The summed E-state index contributed by atoms with van der Waals surface area (Å²) in [6.07, 6.45) is 5.31. The number of hydrogen-bond acceptors (Lipinski definition) is 2. The Morgan fingerprint density at radius 3 is 2.80 bits per heavy atom. The second kappa shape index (κ2) is 6.87. The second-order valence-electron chi connectivity index (χ2n) is 4.19. The lowest BCUT2D eigenvalue weighted by molar-refractivity contribution is 0.0308. The highest BCUT2D eigenvalue weighted by molar-refractivity contribution is 4.96. The largest absolute Gasteiger partial charge is 0.374 e. The number of ether oxygens (including phenoxy) is 1. The first-order valence-corrected chi connectivity index (χ1v) is 6.06. The zero-order valence-corrected chi connectivity index (χ0v) is 10.2. The molecule has 0 spiro atoms. The van der Waals surface area contributed by atoms with Gasteiger partial charge in [-0.05, 0) is 39.7 Å². The molecule has 1 aliphatic heterocycles. The first kappa shape index (κ1) is 12.5. The van der Waals surface area contributed by atoms with Crippen molar-refractivity contribution in [3.8, 4) is 11.8 Å². The zero-order chi connectivity index (χ0) is 11.1. The topological polar surface area (TPSA) is 21.3 Å². The quantitative estimate of drug-likeness (QED) is 0.702. The predicted octanol–water partition coefficient (Wildman–Crippen LogP) is 2.34. The molecule has 0 aliphatic carbocycles. The van der Waals surface area contributed by atoms with E-state index in [0.29, 0.717) is 18.2 Å². The Hall–Kier alpha value is -0.520. The van der Waals surface area contributed by atoms with Gasteiger partial charge in [0.2, 0.25) is 0 Å². The molecule has 2 nitrogen and oxygen atoms in total. The molecule has 0 aromatic carbocycles. The predicted molar refractivity (Wildman–Crippen MR) is 63.7 cm³/mol. The van der Waals surface area contributed by atoms with Gasteiger partial charge in [0.05, 0.1) is 12.2 Å². The highest BCUT2D eigenvalue weighted by Gasteiger charge is 2.28. The Morgan fingerprint density at radius 2 is 2.27 bits per heavy atom. The van der Waals surface area contributed by atoms with E-state index >= 15 is 0 Å². The van der Waals surface area contributed by atoms with Crippen LogP contribution in [0.5, 0.6) is 0 Å². The minimum absolute atomic E-state index is 0.401. The van der Waals surface area contributed by atoms with Crippen LogP contribution in [0, 0.1) is 11.8 Å². The highest BCUT2D eigenvalue weighted by Crippen LogP contribution is 2.23. The van der Waals surface area contributed by atoms with E-state index < -0.39 is 0 Å². The van der Waals surface area contributed by atoms with Crippen LogP contribution in [0.3, 0.4) is 0 Å². The van der Waals surface area contributed by atoms with E-state index in [-0.39, 0.29) is 0 Å². The average Bonchev–Trinajstić information content (AvgIpc) is 2.64. The fraction of sp³-hybridized carbons (Fsp3) is 0.846. The van der Waals surface area contributed by atoms with E-state index in [1.165, 1.54) is 12.8 Å². The minimum Gasteiger partial charge on any atom is -0.374 e. The summed E-state index contributed by atoms with van der Waals surface area (Å²) in [6, 6.07) is 0.487. The number of hydrogen-bond donors (Lipinski definition) is 1. The van der Waals surface area contributed by atoms with Gasteiger partial charge < -0.3 is 10.1 Å². The molecule has 1 N–H and O–H groups in total. The van der Waals surface area contributed by atoms with Crippen LogP contribution in [0.25, 0.3) is 0 Å². The third-order valence-corrected chi connectivity index (χ3v) is 2.94. The molecule has 0 aromatic heterocycles. The summed E-state index contributed by atoms with van der Waals surface area (Å²) >= 11 is 0. The summed E-state index contributed by atoms with van der Waals surface area (Å²) in [5.41, 5.74) is 0. The molecule has 0 saturated carbocycles. The van der Waals surface area contributed by atoms with Gasteiger partial charge in [0.15, 0.2) is 0 Å². The molecule has 1 fully saturated rings. The van der Waals surface area contributed by atoms with Crippen molar-refractivity contribution in [2.24, 2.45) is 0 Å². The van der Waals surface area contributed by atoms with Gasteiger partial charge in [-0.15, -0.1) is 11.8 Å². The first-order chi connectivity index (χ1) is 7.27. The summed E-state index contributed by atoms with van der Waals surface area (Å²) < 4.78 is 5.90. The molecule has 0 aromatic rings. The maximum Gasteiger partial charge on any atom is 0.0732 e. The summed E-state index contributed by atoms with van der Waals surface area (Å²) in [4.78, 5) is 0. The van der Waals surface area contributed by atoms with Crippen molar-refractivity contribution < 1.29 is 4.74 Å². The van der Waals surface area contributed by atoms with Crippen LogP contribution >= 0.6 is 0 Å². The second-order valence-corrected chi connectivity index (χ2v) is 4.19. The molecular weight excluding hydrogens is 186 g/mol. The normalized spacial score (nSPS) is 27.1. The Bertz CT molecular complexity index is 228. The van der Waals surface area contributed by atoms with E-state index in [4.69, 9.17) is 4.74 Å². The van der Waals surface area contributed by atoms with Crippen LogP contribution in [0.2, 0.25) is 0 Å². The summed E-state index contributed by atoms with van der Waals surface area (Å²) in [5.74, 6) is 6.07.